The Morgan fingerprint density at radius 1 is 1.52 bits per heavy atom. The number of pyridine rings is 1. The molecule has 0 saturated carbocycles. The van der Waals surface area contributed by atoms with Crippen LogP contribution in [0.2, 0.25) is 0 Å². The number of carbonyl (C=O) groups is 1. The quantitative estimate of drug-likeness (QED) is 0.843. The minimum absolute atomic E-state index is 0.134. The molecular formula is C13H14F3N3O2. The zero-order chi connectivity index (χ0) is 16.0. The largest absolute Gasteiger partial charge is 0.480 e. The molecule has 1 heterocycles. The van der Waals surface area contributed by atoms with E-state index in [0.717, 1.165) is 12.5 Å². The average Bonchev–Trinajstić information content (AvgIpc) is 2.41. The molecule has 0 aliphatic carbocycles. The Kier molecular flexibility index (Phi) is 5.52. The number of unbranched alkanes of at least 4 members (excludes halogenated alkanes) is 1. The number of hydrogen-bond acceptors (Lipinski definition) is 4. The van der Waals surface area contributed by atoms with E-state index < -0.39 is 23.9 Å². The first-order valence-corrected chi connectivity index (χ1v) is 6.27. The zero-order valence-electron chi connectivity index (χ0n) is 11.2. The van der Waals surface area contributed by atoms with Crippen molar-refractivity contribution in [1.82, 2.24) is 4.98 Å². The smallest absolute Gasteiger partial charge is 0.433 e. The summed E-state index contributed by atoms with van der Waals surface area (Å²) in [5, 5.41) is 20.4. The molecule has 0 bridgehead atoms. The van der Waals surface area contributed by atoms with Gasteiger partial charge < -0.3 is 10.4 Å². The van der Waals surface area contributed by atoms with Gasteiger partial charge in [-0.3, -0.25) is 0 Å². The molecule has 0 aliphatic rings. The Balaban J connectivity index is 3.09. The fourth-order valence-corrected chi connectivity index (χ4v) is 1.65. The number of carboxylic acid groups (broad SMARTS) is 1. The van der Waals surface area contributed by atoms with Gasteiger partial charge >= 0.3 is 12.1 Å². The Bertz CT molecular complexity index is 553. The minimum Gasteiger partial charge on any atom is -0.480 e. The number of alkyl halides is 3. The SMILES string of the molecule is CCCCC(Nc1nc(C(F)(F)F)ccc1C#N)C(=O)O. The lowest BCUT2D eigenvalue weighted by atomic mass is 10.1. The molecule has 0 amide bonds. The molecule has 0 aromatic carbocycles. The average molecular weight is 301 g/mol. The first-order valence-electron chi connectivity index (χ1n) is 6.27. The molecule has 0 spiro atoms. The highest BCUT2D eigenvalue weighted by atomic mass is 19.4. The van der Waals surface area contributed by atoms with Crippen molar-refractivity contribution >= 4 is 11.8 Å². The van der Waals surface area contributed by atoms with Crippen molar-refractivity contribution < 1.29 is 23.1 Å². The second-order valence-corrected chi connectivity index (χ2v) is 4.38. The van der Waals surface area contributed by atoms with Crippen molar-refractivity contribution in [3.63, 3.8) is 0 Å². The summed E-state index contributed by atoms with van der Waals surface area (Å²) in [6.45, 7) is 1.86. The summed E-state index contributed by atoms with van der Waals surface area (Å²) in [6, 6.07) is 2.25. The van der Waals surface area contributed by atoms with Crippen LogP contribution in [0.4, 0.5) is 19.0 Å². The molecule has 1 rings (SSSR count). The number of carboxylic acids is 1. The summed E-state index contributed by atoms with van der Waals surface area (Å²) in [5.74, 6) is -1.57. The molecular weight excluding hydrogens is 287 g/mol. The van der Waals surface area contributed by atoms with Crippen LogP contribution in [0.25, 0.3) is 0 Å². The lowest BCUT2D eigenvalue weighted by Gasteiger charge is -2.16. The van der Waals surface area contributed by atoms with Crippen LogP contribution in [0.15, 0.2) is 12.1 Å². The molecule has 0 fully saturated rings. The van der Waals surface area contributed by atoms with Gasteiger partial charge in [0.25, 0.3) is 0 Å². The van der Waals surface area contributed by atoms with Crippen molar-refractivity contribution in [2.45, 2.75) is 38.4 Å². The van der Waals surface area contributed by atoms with Gasteiger partial charge in [-0.25, -0.2) is 9.78 Å². The van der Waals surface area contributed by atoms with Gasteiger partial charge in [0.05, 0.1) is 5.56 Å². The highest BCUT2D eigenvalue weighted by Crippen LogP contribution is 2.29. The third-order valence-corrected chi connectivity index (χ3v) is 2.76. The molecule has 8 heteroatoms. The van der Waals surface area contributed by atoms with E-state index >= 15 is 0 Å². The minimum atomic E-state index is -4.66. The summed E-state index contributed by atoms with van der Waals surface area (Å²) in [6.07, 6.45) is -3.10. The van der Waals surface area contributed by atoms with Gasteiger partial charge in [-0.15, -0.1) is 0 Å². The van der Waals surface area contributed by atoms with Crippen LogP contribution >= 0.6 is 0 Å². The highest BCUT2D eigenvalue weighted by molar-refractivity contribution is 5.77. The number of nitrogens with one attached hydrogen (secondary N) is 1. The van der Waals surface area contributed by atoms with Crippen molar-refractivity contribution in [2.75, 3.05) is 5.32 Å². The maximum atomic E-state index is 12.6. The third-order valence-electron chi connectivity index (χ3n) is 2.76. The summed E-state index contributed by atoms with van der Waals surface area (Å²) < 4.78 is 37.8. The van der Waals surface area contributed by atoms with Crippen LogP contribution in [0.3, 0.4) is 0 Å². The number of anilines is 1. The number of nitrogens with zero attached hydrogens (tertiary/aromatic N) is 2. The molecule has 1 unspecified atom stereocenters. The van der Waals surface area contributed by atoms with Crippen molar-refractivity contribution in [3.05, 3.63) is 23.4 Å². The second kappa shape index (κ2) is 6.92. The number of halogens is 3. The Morgan fingerprint density at radius 2 is 2.19 bits per heavy atom. The summed E-state index contributed by atoms with van der Waals surface area (Å²) >= 11 is 0. The van der Waals surface area contributed by atoms with Crippen molar-refractivity contribution in [3.8, 4) is 6.07 Å². The molecule has 21 heavy (non-hydrogen) atoms. The van der Waals surface area contributed by atoms with E-state index in [-0.39, 0.29) is 17.8 Å². The van der Waals surface area contributed by atoms with E-state index in [2.05, 4.69) is 10.3 Å². The summed E-state index contributed by atoms with van der Waals surface area (Å²) in [7, 11) is 0. The monoisotopic (exact) mass is 301 g/mol. The molecule has 2 N–H and O–H groups in total. The Morgan fingerprint density at radius 3 is 2.67 bits per heavy atom. The predicted octanol–water partition coefficient (Wildman–Crippen LogP) is 3.03. The molecule has 5 nitrogen and oxygen atoms in total. The summed E-state index contributed by atoms with van der Waals surface area (Å²) in [5.41, 5.74) is -1.31. The molecule has 1 aromatic heterocycles. The van der Waals surface area contributed by atoms with E-state index in [1.165, 1.54) is 0 Å². The predicted molar refractivity (Wildman–Crippen MR) is 68.5 cm³/mol. The number of aliphatic carboxylic acids is 1. The van der Waals surface area contributed by atoms with E-state index in [0.29, 0.717) is 12.5 Å². The molecule has 114 valence electrons. The van der Waals surface area contributed by atoms with Crippen LogP contribution in [0, 0.1) is 11.3 Å². The van der Waals surface area contributed by atoms with Gasteiger partial charge in [0.15, 0.2) is 0 Å². The van der Waals surface area contributed by atoms with Gasteiger partial charge in [-0.1, -0.05) is 19.8 Å². The Hall–Kier alpha value is -2.30. The molecule has 0 aliphatic heterocycles. The van der Waals surface area contributed by atoms with Crippen LogP contribution in [0.5, 0.6) is 0 Å². The number of rotatable bonds is 6. The number of nitriles is 1. The zero-order valence-corrected chi connectivity index (χ0v) is 11.2. The first kappa shape index (κ1) is 16.8. The van der Waals surface area contributed by atoms with E-state index in [4.69, 9.17) is 10.4 Å². The van der Waals surface area contributed by atoms with Crippen molar-refractivity contribution in [2.24, 2.45) is 0 Å². The number of hydrogen-bond donors (Lipinski definition) is 2. The molecule has 0 radical (unpaired) electrons. The van der Waals surface area contributed by atoms with Crippen LogP contribution in [-0.4, -0.2) is 22.1 Å². The summed E-state index contributed by atoms with van der Waals surface area (Å²) in [4.78, 5) is 14.4. The highest BCUT2D eigenvalue weighted by Gasteiger charge is 2.33. The van der Waals surface area contributed by atoms with Crippen LogP contribution in [-0.2, 0) is 11.0 Å². The molecule has 1 atom stereocenters. The maximum absolute atomic E-state index is 12.6. The van der Waals surface area contributed by atoms with Crippen LogP contribution in [0.1, 0.15) is 37.4 Å². The fourth-order valence-electron chi connectivity index (χ4n) is 1.65. The normalized spacial score (nSPS) is 12.5. The van der Waals surface area contributed by atoms with E-state index in [1.807, 2.05) is 6.92 Å². The van der Waals surface area contributed by atoms with Crippen molar-refractivity contribution in [1.29, 1.82) is 5.26 Å². The molecule has 1 aromatic rings. The van der Waals surface area contributed by atoms with Gasteiger partial charge in [0, 0.05) is 0 Å². The Labute approximate surface area is 119 Å². The fraction of sp³-hybridized carbons (Fsp3) is 0.462. The second-order valence-electron chi connectivity index (χ2n) is 4.38. The topological polar surface area (TPSA) is 86.0 Å². The van der Waals surface area contributed by atoms with Gasteiger partial charge in [0.1, 0.15) is 23.6 Å². The van der Waals surface area contributed by atoms with Crippen LogP contribution < -0.4 is 5.32 Å². The van der Waals surface area contributed by atoms with Gasteiger partial charge in [0.2, 0.25) is 0 Å². The lowest BCUT2D eigenvalue weighted by Crippen LogP contribution is -2.30. The molecule has 0 saturated heterocycles. The van der Waals surface area contributed by atoms with Gasteiger partial charge in [-0.2, -0.15) is 18.4 Å². The van der Waals surface area contributed by atoms with Gasteiger partial charge in [-0.05, 0) is 18.6 Å². The number of aromatic nitrogens is 1. The maximum Gasteiger partial charge on any atom is 0.433 e. The van der Waals surface area contributed by atoms with E-state index in [1.54, 1.807) is 6.07 Å². The third kappa shape index (κ3) is 4.63. The van der Waals surface area contributed by atoms with E-state index in [9.17, 15) is 18.0 Å². The standard InChI is InChI=1S/C13H14F3N3O2/c1-2-3-4-9(12(20)21)18-11-8(7-17)5-6-10(19-11)13(14,15)16/h5-6,9H,2-4H2,1H3,(H,18,19)(H,20,21). The first-order chi connectivity index (χ1) is 9.79. The lowest BCUT2D eigenvalue weighted by molar-refractivity contribution is -0.141.